The van der Waals surface area contributed by atoms with Crippen molar-refractivity contribution < 1.29 is 19.5 Å². The van der Waals surface area contributed by atoms with Crippen molar-refractivity contribution >= 4 is 46.7 Å². The monoisotopic (exact) mass is 454 g/mol. The molecule has 0 saturated heterocycles. The number of carboxylic acid groups (broad SMARTS) is 1. The van der Waals surface area contributed by atoms with E-state index in [1.54, 1.807) is 60.7 Å². The topological polar surface area (TPSA) is 86.7 Å². The summed E-state index contributed by atoms with van der Waals surface area (Å²) in [5, 5.41) is 13.7. The second-order valence-electron chi connectivity index (χ2n) is 6.99. The smallest absolute Gasteiger partial charge is 0.331 e. The summed E-state index contributed by atoms with van der Waals surface area (Å²) >= 11 is 12.0. The number of anilines is 1. The van der Waals surface area contributed by atoms with Gasteiger partial charge in [-0.25, -0.2) is 4.79 Å². The SMILES string of the molecule is O=C(O)[C@H](c1ccc(Cl)cc1)N1C(=O)c2ccccc2NC(=O)[C@@H]1c1ccc(Cl)cc1. The van der Waals surface area contributed by atoms with Crippen molar-refractivity contribution in [2.75, 3.05) is 5.32 Å². The van der Waals surface area contributed by atoms with Gasteiger partial charge < -0.3 is 15.3 Å². The maximum atomic E-state index is 13.6. The molecular formula is C23H16Cl2N2O4. The summed E-state index contributed by atoms with van der Waals surface area (Å²) in [6.07, 6.45) is 0. The average molecular weight is 455 g/mol. The van der Waals surface area contributed by atoms with E-state index in [4.69, 9.17) is 23.2 Å². The van der Waals surface area contributed by atoms with Crippen LogP contribution in [0.3, 0.4) is 0 Å². The fourth-order valence-corrected chi connectivity index (χ4v) is 3.90. The molecule has 1 heterocycles. The Hall–Kier alpha value is -3.35. The highest BCUT2D eigenvalue weighted by Gasteiger charge is 2.43. The third-order valence-corrected chi connectivity index (χ3v) is 5.56. The molecule has 4 rings (SSSR count). The number of nitrogens with zero attached hydrogens (tertiary/aromatic N) is 1. The third-order valence-electron chi connectivity index (χ3n) is 5.06. The zero-order valence-electron chi connectivity index (χ0n) is 16.0. The van der Waals surface area contributed by atoms with Gasteiger partial charge in [0.05, 0.1) is 11.3 Å². The summed E-state index contributed by atoms with van der Waals surface area (Å²) in [6, 6.07) is 16.4. The molecular weight excluding hydrogens is 439 g/mol. The number of benzene rings is 3. The molecule has 31 heavy (non-hydrogen) atoms. The number of carbonyl (C=O) groups is 3. The zero-order valence-corrected chi connectivity index (χ0v) is 17.5. The van der Waals surface area contributed by atoms with Gasteiger partial charge in [0.2, 0.25) is 0 Å². The van der Waals surface area contributed by atoms with E-state index in [9.17, 15) is 19.5 Å². The molecule has 8 heteroatoms. The van der Waals surface area contributed by atoms with Crippen molar-refractivity contribution in [1.82, 2.24) is 4.90 Å². The van der Waals surface area contributed by atoms with Gasteiger partial charge in [0.25, 0.3) is 11.8 Å². The number of nitrogens with one attached hydrogen (secondary N) is 1. The first-order valence-electron chi connectivity index (χ1n) is 9.33. The maximum absolute atomic E-state index is 13.6. The highest BCUT2D eigenvalue weighted by molar-refractivity contribution is 6.30. The number of amides is 2. The van der Waals surface area contributed by atoms with Gasteiger partial charge in [0, 0.05) is 10.0 Å². The van der Waals surface area contributed by atoms with Crippen LogP contribution in [-0.2, 0) is 9.59 Å². The zero-order chi connectivity index (χ0) is 22.1. The van der Waals surface area contributed by atoms with Gasteiger partial charge in [0.1, 0.15) is 6.04 Å². The largest absolute Gasteiger partial charge is 0.479 e. The quantitative estimate of drug-likeness (QED) is 0.583. The Kier molecular flexibility index (Phi) is 5.67. The van der Waals surface area contributed by atoms with Gasteiger partial charge in [-0.3, -0.25) is 9.59 Å². The fraction of sp³-hybridized carbons (Fsp3) is 0.0870. The van der Waals surface area contributed by atoms with Crippen LogP contribution in [0.5, 0.6) is 0 Å². The van der Waals surface area contributed by atoms with E-state index in [1.165, 1.54) is 12.1 Å². The number of carbonyl (C=O) groups excluding carboxylic acids is 2. The molecule has 0 bridgehead atoms. The minimum absolute atomic E-state index is 0.201. The number of halogens is 2. The Bertz CT molecular complexity index is 1160. The van der Waals surface area contributed by atoms with Crippen LogP contribution in [0.25, 0.3) is 0 Å². The standard InChI is InChI=1S/C23H16Cl2N2O4/c24-15-9-5-13(6-10-15)19-21(28)26-18-4-2-1-3-17(18)22(29)27(19)20(23(30)31)14-7-11-16(25)12-8-14/h1-12,19-20H,(H,26,28)(H,30,31)/t19-,20-/m0/s1. The van der Waals surface area contributed by atoms with Gasteiger partial charge in [-0.15, -0.1) is 0 Å². The molecule has 0 unspecified atom stereocenters. The first-order chi connectivity index (χ1) is 14.9. The summed E-state index contributed by atoms with van der Waals surface area (Å²) < 4.78 is 0. The van der Waals surface area contributed by atoms with Gasteiger partial charge in [-0.05, 0) is 47.5 Å². The number of fused-ring (bicyclic) bond motifs is 1. The lowest BCUT2D eigenvalue weighted by Gasteiger charge is -2.34. The lowest BCUT2D eigenvalue weighted by atomic mass is 9.98. The first kappa shape index (κ1) is 20.9. The van der Waals surface area contributed by atoms with Crippen molar-refractivity contribution in [2.45, 2.75) is 12.1 Å². The Morgan fingerprint density at radius 1 is 0.903 bits per heavy atom. The van der Waals surface area contributed by atoms with E-state index < -0.39 is 29.9 Å². The highest BCUT2D eigenvalue weighted by atomic mass is 35.5. The summed E-state index contributed by atoms with van der Waals surface area (Å²) in [5.41, 5.74) is 1.27. The summed E-state index contributed by atoms with van der Waals surface area (Å²) in [6.45, 7) is 0. The number of rotatable bonds is 4. The number of hydrogen-bond acceptors (Lipinski definition) is 3. The maximum Gasteiger partial charge on any atom is 0.331 e. The fourth-order valence-electron chi connectivity index (χ4n) is 3.65. The molecule has 1 aliphatic heterocycles. The van der Waals surface area contributed by atoms with Crippen LogP contribution in [0, 0.1) is 0 Å². The Balaban J connectivity index is 1.94. The molecule has 156 valence electrons. The van der Waals surface area contributed by atoms with E-state index in [0.717, 1.165) is 4.90 Å². The summed E-state index contributed by atoms with van der Waals surface area (Å²) in [5.74, 6) is -2.39. The molecule has 3 aromatic rings. The Morgan fingerprint density at radius 2 is 1.48 bits per heavy atom. The van der Waals surface area contributed by atoms with Crippen molar-refractivity contribution in [3.8, 4) is 0 Å². The van der Waals surface area contributed by atoms with Crippen molar-refractivity contribution in [2.24, 2.45) is 0 Å². The predicted octanol–water partition coefficient (Wildman–Crippen LogP) is 4.95. The first-order valence-corrected chi connectivity index (χ1v) is 10.1. The number of para-hydroxylation sites is 1. The lowest BCUT2D eigenvalue weighted by Crippen LogP contribution is -2.44. The number of hydrogen-bond donors (Lipinski definition) is 2. The van der Waals surface area contributed by atoms with Crippen LogP contribution in [0.4, 0.5) is 5.69 Å². The predicted molar refractivity (Wildman–Crippen MR) is 117 cm³/mol. The Labute approximate surface area is 188 Å². The van der Waals surface area contributed by atoms with Crippen molar-refractivity contribution in [1.29, 1.82) is 0 Å². The minimum Gasteiger partial charge on any atom is -0.479 e. The second kappa shape index (κ2) is 8.41. The minimum atomic E-state index is -1.43. The molecule has 0 aliphatic carbocycles. The molecule has 0 spiro atoms. The molecule has 2 amide bonds. The summed E-state index contributed by atoms with van der Waals surface area (Å²) in [4.78, 5) is 40.4. The van der Waals surface area contributed by atoms with Crippen molar-refractivity contribution in [3.05, 3.63) is 99.5 Å². The van der Waals surface area contributed by atoms with E-state index in [2.05, 4.69) is 5.32 Å². The van der Waals surface area contributed by atoms with Crippen LogP contribution < -0.4 is 5.32 Å². The second-order valence-corrected chi connectivity index (χ2v) is 7.87. The van der Waals surface area contributed by atoms with Crippen LogP contribution in [0.15, 0.2) is 72.8 Å². The van der Waals surface area contributed by atoms with E-state index >= 15 is 0 Å². The summed E-state index contributed by atoms with van der Waals surface area (Å²) in [7, 11) is 0. The van der Waals surface area contributed by atoms with E-state index in [0.29, 0.717) is 26.9 Å². The Morgan fingerprint density at radius 3 is 2.10 bits per heavy atom. The van der Waals surface area contributed by atoms with Crippen LogP contribution >= 0.6 is 23.2 Å². The molecule has 0 fully saturated rings. The van der Waals surface area contributed by atoms with Crippen LogP contribution in [0.1, 0.15) is 33.6 Å². The van der Waals surface area contributed by atoms with Gasteiger partial charge in [0.15, 0.2) is 6.04 Å². The average Bonchev–Trinajstić information content (AvgIpc) is 2.85. The molecule has 0 aromatic heterocycles. The third kappa shape index (κ3) is 4.00. The lowest BCUT2D eigenvalue weighted by molar-refractivity contribution is -0.144. The normalized spacial score (nSPS) is 16.8. The van der Waals surface area contributed by atoms with E-state index in [-0.39, 0.29) is 5.56 Å². The van der Waals surface area contributed by atoms with Gasteiger partial charge in [-0.1, -0.05) is 59.6 Å². The van der Waals surface area contributed by atoms with Crippen LogP contribution in [0.2, 0.25) is 10.0 Å². The molecule has 3 aromatic carbocycles. The van der Waals surface area contributed by atoms with Gasteiger partial charge >= 0.3 is 5.97 Å². The number of carboxylic acids is 1. The molecule has 2 atom stereocenters. The molecule has 0 saturated carbocycles. The van der Waals surface area contributed by atoms with Crippen molar-refractivity contribution in [3.63, 3.8) is 0 Å². The molecule has 2 N–H and O–H groups in total. The molecule has 0 radical (unpaired) electrons. The molecule has 1 aliphatic rings. The van der Waals surface area contributed by atoms with Gasteiger partial charge in [-0.2, -0.15) is 0 Å². The van der Waals surface area contributed by atoms with E-state index in [1.807, 2.05) is 0 Å². The molecule has 6 nitrogen and oxygen atoms in total. The number of aliphatic carboxylic acids is 1. The van der Waals surface area contributed by atoms with Crippen LogP contribution in [-0.4, -0.2) is 27.8 Å². The highest BCUT2D eigenvalue weighted by Crippen LogP contribution is 2.38.